The Hall–Kier alpha value is -1.74. The summed E-state index contributed by atoms with van der Waals surface area (Å²) in [5.41, 5.74) is 25.5. The van der Waals surface area contributed by atoms with Crippen LogP contribution in [0, 0.1) is 41.5 Å². The van der Waals surface area contributed by atoms with Crippen molar-refractivity contribution >= 4 is 38.7 Å². The van der Waals surface area contributed by atoms with Gasteiger partial charge >= 0.3 is 345 Å². The molecule has 5 heteroatoms. The Bertz CT molecular complexity index is 2050. The Balaban J connectivity index is 0.00000310. The molecular formula is C52H70Cl2Si2Zr. The summed E-state index contributed by atoms with van der Waals surface area (Å²) in [6, 6.07) is 19.7. The molecular weight excluding hydrogens is 843 g/mol. The van der Waals surface area contributed by atoms with Crippen LogP contribution in [0.3, 0.4) is 0 Å². The Kier molecular flexibility index (Phi) is 14.1. The number of rotatable bonds is 12. The average molecular weight is 913 g/mol. The van der Waals surface area contributed by atoms with E-state index >= 15 is 0 Å². The molecule has 0 saturated carbocycles. The number of allylic oxidation sites excluding steroid dienone is 2. The third kappa shape index (κ3) is 8.10. The molecule has 0 bridgehead atoms. The van der Waals surface area contributed by atoms with Crippen molar-refractivity contribution in [2.45, 2.75) is 149 Å². The molecule has 2 atom stereocenters. The molecule has 4 aromatic carbocycles. The summed E-state index contributed by atoms with van der Waals surface area (Å²) in [7, 11) is -2.76. The van der Waals surface area contributed by atoms with Crippen molar-refractivity contribution < 1.29 is 45.1 Å². The molecule has 0 N–H and O–H groups in total. The molecule has 4 aromatic rings. The number of fused-ring (bicyclic) bond motifs is 2. The maximum atomic E-state index is 2.78. The standard InChI is InChI=1S/2C25H33Si.C2H4.2ClH.Zr/c2*1-8-9-10-20-15-23-18(3)17(2)19(4)25(24(23)16-20)21-11-13-22(14-12-21)26(5,6)7;1-2;;;/h2*11-16H,8-10H2,1-7H3;1-2H2;2*1H;/q;;;;;+2/p-2. The molecule has 304 valence electrons. The summed E-state index contributed by atoms with van der Waals surface area (Å²) >= 11 is -2.98. The van der Waals surface area contributed by atoms with Gasteiger partial charge < -0.3 is 24.8 Å². The van der Waals surface area contributed by atoms with Crippen LogP contribution in [0.1, 0.15) is 115 Å². The van der Waals surface area contributed by atoms with Crippen molar-refractivity contribution in [1.29, 1.82) is 0 Å². The maximum Gasteiger partial charge on any atom is -1.00 e. The van der Waals surface area contributed by atoms with Crippen LogP contribution in [0.5, 0.6) is 0 Å². The summed E-state index contributed by atoms with van der Waals surface area (Å²) in [6.45, 7) is 34.3. The first kappa shape index (κ1) is 46.3. The first-order chi connectivity index (χ1) is 26.0. The molecule has 0 nitrogen and oxygen atoms in total. The van der Waals surface area contributed by atoms with Crippen LogP contribution in [0.15, 0.2) is 59.7 Å². The smallest absolute Gasteiger partial charge is 1.00 e. The van der Waals surface area contributed by atoms with Crippen molar-refractivity contribution in [3.8, 4) is 22.3 Å². The molecule has 1 heterocycles. The van der Waals surface area contributed by atoms with E-state index in [4.69, 9.17) is 0 Å². The third-order valence-corrected chi connectivity index (χ3v) is 31.7. The number of hydrogen-bond donors (Lipinski definition) is 0. The zero-order chi connectivity index (χ0) is 39.8. The molecule has 0 radical (unpaired) electrons. The SMILES string of the molecule is CCCCC1=Cc2c(-c3ccc([Si](C)(C)C)cc3)c(C)c(C)c(C)c2[CH]1[Zr+2]1([CH]2C(CCCC)=Cc3c(-c4ccc([Si](C)(C)C)cc4)c(C)c(C)c(C)c32)[CH2][CH2]1.[Cl-].[Cl-]. The van der Waals surface area contributed by atoms with Crippen LogP contribution in [-0.2, 0) is 20.3 Å². The molecule has 7 rings (SSSR count). The van der Waals surface area contributed by atoms with Crippen molar-refractivity contribution in [3.05, 3.63) is 115 Å². The topological polar surface area (TPSA) is 0 Å². The first-order valence-electron chi connectivity index (χ1n) is 21.9. The minimum absolute atomic E-state index is 0. The third-order valence-electron chi connectivity index (χ3n) is 14.6. The van der Waals surface area contributed by atoms with Gasteiger partial charge in [0.2, 0.25) is 0 Å². The number of halogens is 2. The minimum atomic E-state index is -2.98. The molecule has 1 fully saturated rings. The van der Waals surface area contributed by atoms with Gasteiger partial charge in [0.15, 0.2) is 0 Å². The van der Waals surface area contributed by atoms with E-state index in [1.165, 1.54) is 91.3 Å². The average Bonchev–Trinajstić information content (AvgIpc) is 3.70. The van der Waals surface area contributed by atoms with Crippen LogP contribution in [-0.4, -0.2) is 16.1 Å². The second-order valence-electron chi connectivity index (χ2n) is 20.1. The molecule has 1 saturated heterocycles. The van der Waals surface area contributed by atoms with Gasteiger partial charge in [0, 0.05) is 0 Å². The van der Waals surface area contributed by atoms with Gasteiger partial charge in [-0.3, -0.25) is 0 Å². The molecule has 57 heavy (non-hydrogen) atoms. The van der Waals surface area contributed by atoms with Crippen LogP contribution in [0.4, 0.5) is 0 Å². The Morgan fingerprint density at radius 2 is 0.825 bits per heavy atom. The maximum absolute atomic E-state index is 2.98. The zero-order valence-corrected chi connectivity index (χ0v) is 43.8. The molecule has 3 aliphatic rings. The first-order valence-corrected chi connectivity index (χ1v) is 35.2. The number of unbranched alkanes of at least 4 members (excludes halogenated alkanes) is 2. The zero-order valence-electron chi connectivity index (χ0n) is 37.8. The Labute approximate surface area is 367 Å². The summed E-state index contributed by atoms with van der Waals surface area (Å²) in [4.78, 5) is 0. The number of hydrogen-bond acceptors (Lipinski definition) is 0. The van der Waals surface area contributed by atoms with E-state index < -0.39 is 36.4 Å². The van der Waals surface area contributed by atoms with E-state index in [0.29, 0.717) is 7.25 Å². The molecule has 0 spiro atoms. The fraction of sp³-hybridized carbons (Fsp3) is 0.462. The fourth-order valence-electron chi connectivity index (χ4n) is 10.8. The van der Waals surface area contributed by atoms with Gasteiger partial charge in [0.1, 0.15) is 0 Å². The van der Waals surface area contributed by atoms with Gasteiger partial charge in [-0.15, -0.1) is 0 Å². The van der Waals surface area contributed by atoms with Crippen LogP contribution >= 0.6 is 0 Å². The van der Waals surface area contributed by atoms with Crippen LogP contribution < -0.4 is 35.2 Å². The van der Waals surface area contributed by atoms with Crippen molar-refractivity contribution in [1.82, 2.24) is 0 Å². The Morgan fingerprint density at radius 1 is 0.491 bits per heavy atom. The summed E-state index contributed by atoms with van der Waals surface area (Å²) in [6.07, 6.45) is 13.2. The van der Waals surface area contributed by atoms with Gasteiger partial charge in [0.25, 0.3) is 0 Å². The fourth-order valence-corrected chi connectivity index (χ4v) is 31.1. The summed E-state index contributed by atoms with van der Waals surface area (Å²) < 4.78 is 4.40. The van der Waals surface area contributed by atoms with Crippen LogP contribution in [0.2, 0.25) is 47.5 Å². The van der Waals surface area contributed by atoms with Crippen LogP contribution in [0.25, 0.3) is 34.4 Å². The van der Waals surface area contributed by atoms with E-state index in [0.717, 1.165) is 0 Å². The van der Waals surface area contributed by atoms with E-state index in [-0.39, 0.29) is 24.8 Å². The largest absolute Gasteiger partial charge is 1.00 e. The molecule has 0 amide bonds. The molecule has 2 aliphatic carbocycles. The van der Waals surface area contributed by atoms with Gasteiger partial charge in [-0.2, -0.15) is 0 Å². The Morgan fingerprint density at radius 3 is 1.11 bits per heavy atom. The number of benzene rings is 4. The van der Waals surface area contributed by atoms with Crippen molar-refractivity contribution in [2.75, 3.05) is 0 Å². The van der Waals surface area contributed by atoms with E-state index in [1.807, 2.05) is 11.1 Å². The monoisotopic (exact) mass is 910 g/mol. The van der Waals surface area contributed by atoms with Gasteiger partial charge in [-0.25, -0.2) is 0 Å². The van der Waals surface area contributed by atoms with Gasteiger partial charge in [-0.1, -0.05) is 0 Å². The van der Waals surface area contributed by atoms with Gasteiger partial charge in [0.05, 0.1) is 0 Å². The predicted octanol–water partition coefficient (Wildman–Crippen LogP) is 8.93. The normalized spacial score (nSPS) is 17.4. The van der Waals surface area contributed by atoms with Gasteiger partial charge in [-0.05, 0) is 0 Å². The summed E-state index contributed by atoms with van der Waals surface area (Å²) in [5.74, 6) is 0. The van der Waals surface area contributed by atoms with Crippen molar-refractivity contribution in [2.24, 2.45) is 0 Å². The van der Waals surface area contributed by atoms with E-state index in [1.54, 1.807) is 43.8 Å². The molecule has 0 aromatic heterocycles. The van der Waals surface area contributed by atoms with E-state index in [2.05, 4.69) is 155 Å². The second-order valence-corrected chi connectivity index (χ2v) is 41.6. The summed E-state index contributed by atoms with van der Waals surface area (Å²) in [5, 5.41) is 3.11. The quantitative estimate of drug-likeness (QED) is 0.125. The van der Waals surface area contributed by atoms with E-state index in [9.17, 15) is 0 Å². The molecule has 2 unspecified atom stereocenters. The second kappa shape index (κ2) is 17.3. The predicted molar refractivity (Wildman–Crippen MR) is 248 cm³/mol. The van der Waals surface area contributed by atoms with Crippen molar-refractivity contribution in [3.63, 3.8) is 0 Å². The molecule has 1 aliphatic heterocycles. The minimum Gasteiger partial charge on any atom is -1.00 e.